The fraction of sp³-hybridized carbons (Fsp3) is 0.429. The molecule has 2 saturated heterocycles. The number of hydrogen-bond donors (Lipinski definition) is 0. The molecule has 1 aromatic heterocycles. The summed E-state index contributed by atoms with van der Waals surface area (Å²) in [5, 5.41) is 0. The molecule has 0 radical (unpaired) electrons. The highest BCUT2D eigenvalue weighted by atomic mass is 19.1. The largest absolute Gasteiger partial charge is 0.293 e. The summed E-state index contributed by atoms with van der Waals surface area (Å²) in [6.07, 6.45) is 5.24. The van der Waals surface area contributed by atoms with Crippen molar-refractivity contribution in [1.29, 1.82) is 0 Å². The predicted octanol–water partition coefficient (Wildman–Crippen LogP) is 4.24. The van der Waals surface area contributed by atoms with E-state index in [1.54, 1.807) is 12.1 Å². The second-order valence-electron chi connectivity index (χ2n) is 7.27. The molecule has 4 rings (SSSR count). The summed E-state index contributed by atoms with van der Waals surface area (Å²) in [7, 11) is 0. The van der Waals surface area contributed by atoms with Crippen molar-refractivity contribution in [1.82, 2.24) is 9.88 Å². The normalized spacial score (nSPS) is 26.4. The molecule has 2 aromatic rings. The van der Waals surface area contributed by atoms with Crippen LogP contribution in [-0.4, -0.2) is 27.8 Å². The maximum atomic E-state index is 13.4. The van der Waals surface area contributed by atoms with Crippen LogP contribution < -0.4 is 0 Å². The standard InChI is InChI=1S/C21H23FN2O/c22-20-11-5-10-19(23-20)21(25)16-12-17-8-4-9-18(13-16)24(17)14-15-6-2-1-3-7-15/h1-3,5-7,10-11,16-18H,4,8-9,12-14H2. The lowest BCUT2D eigenvalue weighted by molar-refractivity contribution is 0.00889. The van der Waals surface area contributed by atoms with E-state index in [4.69, 9.17) is 0 Å². The molecule has 130 valence electrons. The number of piperidine rings is 2. The van der Waals surface area contributed by atoms with Gasteiger partial charge in [0.15, 0.2) is 5.78 Å². The molecule has 2 aliphatic rings. The van der Waals surface area contributed by atoms with Gasteiger partial charge in [-0.3, -0.25) is 9.69 Å². The van der Waals surface area contributed by atoms with Crippen LogP contribution in [0.2, 0.25) is 0 Å². The number of hydrogen-bond acceptors (Lipinski definition) is 3. The molecular weight excluding hydrogens is 315 g/mol. The number of nitrogens with zero attached hydrogens (tertiary/aromatic N) is 2. The summed E-state index contributed by atoms with van der Waals surface area (Å²) in [4.78, 5) is 19.2. The molecule has 0 spiro atoms. The summed E-state index contributed by atoms with van der Waals surface area (Å²) >= 11 is 0. The van der Waals surface area contributed by atoms with E-state index >= 15 is 0 Å². The molecule has 0 saturated carbocycles. The minimum Gasteiger partial charge on any atom is -0.293 e. The first-order valence-electron chi connectivity index (χ1n) is 9.17. The molecule has 3 heterocycles. The fourth-order valence-electron chi connectivity index (χ4n) is 4.50. The second-order valence-corrected chi connectivity index (χ2v) is 7.27. The van der Waals surface area contributed by atoms with Gasteiger partial charge in [0, 0.05) is 24.5 Å². The first kappa shape index (κ1) is 16.4. The lowest BCUT2D eigenvalue weighted by Crippen LogP contribution is -2.52. The van der Waals surface area contributed by atoms with E-state index < -0.39 is 5.95 Å². The number of fused-ring (bicyclic) bond motifs is 2. The molecule has 0 aliphatic carbocycles. The predicted molar refractivity (Wildman–Crippen MR) is 94.7 cm³/mol. The third-order valence-corrected chi connectivity index (χ3v) is 5.67. The van der Waals surface area contributed by atoms with Crippen molar-refractivity contribution in [2.24, 2.45) is 5.92 Å². The molecule has 3 nitrogen and oxygen atoms in total. The van der Waals surface area contributed by atoms with Gasteiger partial charge in [0.05, 0.1) is 0 Å². The number of carbonyl (C=O) groups is 1. The number of aromatic nitrogens is 1. The van der Waals surface area contributed by atoms with Gasteiger partial charge in [-0.15, -0.1) is 0 Å². The Bertz CT molecular complexity index is 735. The molecular formula is C21H23FN2O. The van der Waals surface area contributed by atoms with Crippen LogP contribution in [0, 0.1) is 11.9 Å². The molecule has 2 aliphatic heterocycles. The van der Waals surface area contributed by atoms with Gasteiger partial charge in [0.1, 0.15) is 5.69 Å². The van der Waals surface area contributed by atoms with Crippen molar-refractivity contribution in [2.45, 2.75) is 50.7 Å². The molecule has 2 fully saturated rings. The number of pyridine rings is 1. The Morgan fingerprint density at radius 3 is 2.44 bits per heavy atom. The van der Waals surface area contributed by atoms with Gasteiger partial charge in [0.2, 0.25) is 5.95 Å². The number of benzene rings is 1. The Morgan fingerprint density at radius 1 is 1.04 bits per heavy atom. The van der Waals surface area contributed by atoms with Crippen LogP contribution in [0.3, 0.4) is 0 Å². The Balaban J connectivity index is 1.50. The molecule has 2 bridgehead atoms. The fourth-order valence-corrected chi connectivity index (χ4v) is 4.50. The van der Waals surface area contributed by atoms with Gasteiger partial charge in [-0.1, -0.05) is 42.8 Å². The van der Waals surface area contributed by atoms with Crippen molar-refractivity contribution in [3.63, 3.8) is 0 Å². The minimum atomic E-state index is -0.576. The average molecular weight is 338 g/mol. The second kappa shape index (κ2) is 7.04. The monoisotopic (exact) mass is 338 g/mol. The molecule has 0 N–H and O–H groups in total. The van der Waals surface area contributed by atoms with Gasteiger partial charge in [-0.2, -0.15) is 4.39 Å². The van der Waals surface area contributed by atoms with Gasteiger partial charge in [-0.05, 0) is 43.4 Å². The molecule has 1 aromatic carbocycles. The highest BCUT2D eigenvalue weighted by Crippen LogP contribution is 2.39. The quantitative estimate of drug-likeness (QED) is 0.618. The smallest absolute Gasteiger partial charge is 0.213 e. The van der Waals surface area contributed by atoms with E-state index in [0.29, 0.717) is 12.1 Å². The zero-order valence-corrected chi connectivity index (χ0v) is 14.3. The van der Waals surface area contributed by atoms with Crippen LogP contribution in [0.4, 0.5) is 4.39 Å². The van der Waals surface area contributed by atoms with E-state index in [-0.39, 0.29) is 17.4 Å². The number of carbonyl (C=O) groups excluding carboxylic acids is 1. The summed E-state index contributed by atoms with van der Waals surface area (Å²) in [5.41, 5.74) is 1.61. The lowest BCUT2D eigenvalue weighted by Gasteiger charge is -2.48. The van der Waals surface area contributed by atoms with E-state index in [1.165, 1.54) is 18.1 Å². The van der Waals surface area contributed by atoms with Crippen molar-refractivity contribution < 1.29 is 9.18 Å². The van der Waals surface area contributed by atoms with Crippen LogP contribution in [0.25, 0.3) is 0 Å². The zero-order chi connectivity index (χ0) is 17.2. The van der Waals surface area contributed by atoms with Crippen molar-refractivity contribution >= 4 is 5.78 Å². The van der Waals surface area contributed by atoms with Crippen molar-refractivity contribution in [3.8, 4) is 0 Å². The number of halogens is 1. The molecule has 25 heavy (non-hydrogen) atoms. The highest BCUT2D eigenvalue weighted by molar-refractivity contribution is 5.96. The first-order valence-corrected chi connectivity index (χ1v) is 9.17. The van der Waals surface area contributed by atoms with E-state index in [2.05, 4.69) is 34.1 Å². The van der Waals surface area contributed by atoms with Gasteiger partial charge < -0.3 is 0 Å². The summed E-state index contributed by atoms with van der Waals surface area (Å²) < 4.78 is 13.4. The van der Waals surface area contributed by atoms with Crippen LogP contribution in [-0.2, 0) is 6.54 Å². The molecule has 0 amide bonds. The zero-order valence-electron chi connectivity index (χ0n) is 14.3. The Morgan fingerprint density at radius 2 is 1.76 bits per heavy atom. The van der Waals surface area contributed by atoms with E-state index in [1.807, 2.05) is 6.07 Å². The van der Waals surface area contributed by atoms with Crippen LogP contribution in [0.1, 0.15) is 48.2 Å². The molecule has 2 unspecified atom stereocenters. The van der Waals surface area contributed by atoms with Gasteiger partial charge in [-0.25, -0.2) is 4.98 Å². The van der Waals surface area contributed by atoms with E-state index in [9.17, 15) is 9.18 Å². The number of ketones is 1. The highest BCUT2D eigenvalue weighted by Gasteiger charge is 2.40. The van der Waals surface area contributed by atoms with Crippen molar-refractivity contribution in [2.75, 3.05) is 0 Å². The first-order chi connectivity index (χ1) is 12.2. The van der Waals surface area contributed by atoms with Crippen LogP contribution >= 0.6 is 0 Å². The topological polar surface area (TPSA) is 33.2 Å². The molecule has 2 atom stereocenters. The summed E-state index contributed by atoms with van der Waals surface area (Å²) in [6, 6.07) is 15.9. The minimum absolute atomic E-state index is 0.00996. The molecule has 4 heteroatoms. The SMILES string of the molecule is O=C(c1cccc(F)n1)C1CC2CCCC(C1)N2Cc1ccccc1. The maximum Gasteiger partial charge on any atom is 0.213 e. The maximum absolute atomic E-state index is 13.4. The summed E-state index contributed by atoms with van der Waals surface area (Å²) in [5.74, 6) is -0.597. The third-order valence-electron chi connectivity index (χ3n) is 5.67. The summed E-state index contributed by atoms with van der Waals surface area (Å²) in [6.45, 7) is 0.954. The van der Waals surface area contributed by atoms with Crippen LogP contribution in [0.15, 0.2) is 48.5 Å². The Hall–Kier alpha value is -2.07. The van der Waals surface area contributed by atoms with Crippen molar-refractivity contribution in [3.05, 3.63) is 65.7 Å². The number of Topliss-reactive ketones (excluding diaryl/α,β-unsaturated/α-hetero) is 1. The average Bonchev–Trinajstić information content (AvgIpc) is 2.62. The van der Waals surface area contributed by atoms with E-state index in [0.717, 1.165) is 32.2 Å². The van der Waals surface area contributed by atoms with Gasteiger partial charge >= 0.3 is 0 Å². The van der Waals surface area contributed by atoms with Gasteiger partial charge in [0.25, 0.3) is 0 Å². The van der Waals surface area contributed by atoms with Crippen LogP contribution in [0.5, 0.6) is 0 Å². The lowest BCUT2D eigenvalue weighted by atomic mass is 9.76. The Kier molecular flexibility index (Phi) is 4.62. The Labute approximate surface area is 147 Å². The third kappa shape index (κ3) is 3.49. The number of rotatable bonds is 4.